The van der Waals surface area contributed by atoms with Crippen LogP contribution < -0.4 is 0 Å². The first kappa shape index (κ1) is 8.69. The molecule has 0 radical (unpaired) electrons. The van der Waals surface area contributed by atoms with Crippen molar-refractivity contribution in [2.45, 2.75) is 6.92 Å². The van der Waals surface area contributed by atoms with Gasteiger partial charge in [0.2, 0.25) is 0 Å². The minimum atomic E-state index is 0.766. The number of aldehydes is 1. The number of rotatable bonds is 2. The number of carbonyl (C=O) groups is 1. The predicted octanol–water partition coefficient (Wildman–Crippen LogP) is 1.85. The summed E-state index contributed by atoms with van der Waals surface area (Å²) in [6, 6.07) is 5.80. The summed E-state index contributed by atoms with van der Waals surface area (Å²) in [6.45, 7) is 1.94. The Bertz CT molecular complexity index is 497. The fourth-order valence-corrected chi connectivity index (χ4v) is 1.43. The van der Waals surface area contributed by atoms with Gasteiger partial charge in [-0.05, 0) is 31.2 Å². The van der Waals surface area contributed by atoms with Crippen LogP contribution in [0.3, 0.4) is 0 Å². The van der Waals surface area contributed by atoms with Crippen molar-refractivity contribution in [3.63, 3.8) is 0 Å². The average molecular weight is 186 g/mol. The molecule has 0 aliphatic rings. The molecular formula is C11H10N2O. The first-order valence-corrected chi connectivity index (χ1v) is 4.38. The van der Waals surface area contributed by atoms with E-state index < -0.39 is 0 Å². The molecule has 2 aromatic rings. The van der Waals surface area contributed by atoms with Crippen molar-refractivity contribution in [1.29, 1.82) is 0 Å². The number of fused-ring (bicyclic) bond motifs is 1. The minimum Gasteiger partial charge on any atom is -0.300 e. The van der Waals surface area contributed by atoms with E-state index in [0.717, 1.165) is 23.3 Å². The normalized spacial score (nSPS) is 11.2. The molecule has 3 nitrogen and oxygen atoms in total. The third-order valence-corrected chi connectivity index (χ3v) is 1.99. The Kier molecular flexibility index (Phi) is 2.14. The van der Waals surface area contributed by atoms with E-state index in [1.54, 1.807) is 6.08 Å². The molecule has 2 rings (SSSR count). The Morgan fingerprint density at radius 3 is 3.07 bits per heavy atom. The standard InChI is InChI=1S/C11H10N2O/c1-9-8-13-10(5-3-7-14)4-2-6-11(13)12-9/h2-8H,1H3/b5-3+. The van der Waals surface area contributed by atoms with Gasteiger partial charge in [0, 0.05) is 11.9 Å². The molecule has 0 aliphatic heterocycles. The van der Waals surface area contributed by atoms with Crippen LogP contribution in [0, 0.1) is 6.92 Å². The van der Waals surface area contributed by atoms with Crippen molar-refractivity contribution in [2.75, 3.05) is 0 Å². The van der Waals surface area contributed by atoms with E-state index in [0.29, 0.717) is 0 Å². The molecule has 3 heteroatoms. The number of allylic oxidation sites excluding steroid dienone is 1. The second-order valence-corrected chi connectivity index (χ2v) is 3.06. The smallest absolute Gasteiger partial charge is 0.142 e. The van der Waals surface area contributed by atoms with Gasteiger partial charge in [0.25, 0.3) is 0 Å². The molecule has 0 N–H and O–H groups in total. The summed E-state index contributed by atoms with van der Waals surface area (Å²) in [6.07, 6.45) is 5.95. The molecule has 0 unspecified atom stereocenters. The second kappa shape index (κ2) is 3.46. The Labute approximate surface area is 81.7 Å². The molecule has 0 bridgehead atoms. The Hall–Kier alpha value is -1.90. The maximum Gasteiger partial charge on any atom is 0.142 e. The molecule has 0 aromatic carbocycles. The number of pyridine rings is 1. The number of hydrogen-bond donors (Lipinski definition) is 0. The summed E-state index contributed by atoms with van der Waals surface area (Å²) in [5.41, 5.74) is 2.82. The van der Waals surface area contributed by atoms with Crippen LogP contribution in [0.2, 0.25) is 0 Å². The molecule has 0 saturated heterocycles. The number of hydrogen-bond acceptors (Lipinski definition) is 2. The zero-order chi connectivity index (χ0) is 9.97. The zero-order valence-corrected chi connectivity index (χ0v) is 7.84. The topological polar surface area (TPSA) is 34.4 Å². The highest BCUT2D eigenvalue weighted by Crippen LogP contribution is 2.09. The molecule has 14 heavy (non-hydrogen) atoms. The summed E-state index contributed by atoms with van der Waals surface area (Å²) in [5, 5.41) is 0. The van der Waals surface area contributed by atoms with Gasteiger partial charge in [-0.2, -0.15) is 0 Å². The fraction of sp³-hybridized carbons (Fsp3) is 0.0909. The van der Waals surface area contributed by atoms with Crippen molar-refractivity contribution in [3.05, 3.63) is 41.9 Å². The summed E-state index contributed by atoms with van der Waals surface area (Å²) < 4.78 is 1.95. The largest absolute Gasteiger partial charge is 0.300 e. The molecule has 2 heterocycles. The first-order chi connectivity index (χ1) is 6.81. The number of aryl methyl sites for hydroxylation is 1. The monoisotopic (exact) mass is 186 g/mol. The van der Waals surface area contributed by atoms with Crippen molar-refractivity contribution in [2.24, 2.45) is 0 Å². The summed E-state index contributed by atoms with van der Waals surface area (Å²) in [7, 11) is 0. The van der Waals surface area contributed by atoms with Crippen LogP contribution in [-0.4, -0.2) is 15.7 Å². The van der Waals surface area contributed by atoms with Crippen molar-refractivity contribution in [3.8, 4) is 0 Å². The minimum absolute atomic E-state index is 0.766. The fourth-order valence-electron chi connectivity index (χ4n) is 1.43. The molecule has 0 atom stereocenters. The van der Waals surface area contributed by atoms with Gasteiger partial charge < -0.3 is 4.40 Å². The molecule has 70 valence electrons. The lowest BCUT2D eigenvalue weighted by atomic mass is 10.3. The van der Waals surface area contributed by atoms with E-state index in [1.807, 2.05) is 35.7 Å². The lowest BCUT2D eigenvalue weighted by molar-refractivity contribution is -0.104. The Morgan fingerprint density at radius 2 is 2.29 bits per heavy atom. The van der Waals surface area contributed by atoms with Crippen LogP contribution in [0.4, 0.5) is 0 Å². The highest BCUT2D eigenvalue weighted by atomic mass is 16.1. The maximum absolute atomic E-state index is 10.2. The maximum atomic E-state index is 10.2. The highest BCUT2D eigenvalue weighted by Gasteiger charge is 1.98. The highest BCUT2D eigenvalue weighted by molar-refractivity contribution is 5.73. The average Bonchev–Trinajstić information content (AvgIpc) is 2.55. The number of imidazole rings is 1. The zero-order valence-electron chi connectivity index (χ0n) is 7.84. The first-order valence-electron chi connectivity index (χ1n) is 4.38. The van der Waals surface area contributed by atoms with Crippen molar-refractivity contribution in [1.82, 2.24) is 9.38 Å². The van der Waals surface area contributed by atoms with Gasteiger partial charge in [0.1, 0.15) is 11.9 Å². The Balaban J connectivity index is 2.63. The SMILES string of the molecule is Cc1cn2c(/C=C/C=O)cccc2n1. The van der Waals surface area contributed by atoms with E-state index in [9.17, 15) is 4.79 Å². The summed E-state index contributed by atoms with van der Waals surface area (Å²) in [4.78, 5) is 14.5. The van der Waals surface area contributed by atoms with E-state index in [2.05, 4.69) is 4.98 Å². The van der Waals surface area contributed by atoms with Gasteiger partial charge in [-0.25, -0.2) is 4.98 Å². The van der Waals surface area contributed by atoms with Crippen LogP contribution in [0.25, 0.3) is 11.7 Å². The van der Waals surface area contributed by atoms with E-state index in [-0.39, 0.29) is 0 Å². The van der Waals surface area contributed by atoms with E-state index in [4.69, 9.17) is 0 Å². The van der Waals surface area contributed by atoms with Crippen LogP contribution in [0.5, 0.6) is 0 Å². The quantitative estimate of drug-likeness (QED) is 0.530. The molecular weight excluding hydrogens is 176 g/mol. The predicted molar refractivity (Wildman–Crippen MR) is 55.0 cm³/mol. The van der Waals surface area contributed by atoms with E-state index in [1.165, 1.54) is 6.08 Å². The van der Waals surface area contributed by atoms with Gasteiger partial charge in [-0.1, -0.05) is 6.07 Å². The third-order valence-electron chi connectivity index (χ3n) is 1.99. The van der Waals surface area contributed by atoms with Crippen LogP contribution in [0.1, 0.15) is 11.4 Å². The van der Waals surface area contributed by atoms with Gasteiger partial charge in [0.05, 0.1) is 5.69 Å². The third kappa shape index (κ3) is 1.44. The molecule has 0 amide bonds. The molecule has 0 fully saturated rings. The van der Waals surface area contributed by atoms with Gasteiger partial charge in [-0.3, -0.25) is 4.79 Å². The number of carbonyl (C=O) groups excluding carboxylic acids is 1. The van der Waals surface area contributed by atoms with Gasteiger partial charge in [-0.15, -0.1) is 0 Å². The number of aromatic nitrogens is 2. The van der Waals surface area contributed by atoms with Gasteiger partial charge >= 0.3 is 0 Å². The van der Waals surface area contributed by atoms with Crippen molar-refractivity contribution >= 4 is 18.0 Å². The summed E-state index contributed by atoms with van der Waals surface area (Å²) in [5.74, 6) is 0. The lowest BCUT2D eigenvalue weighted by Crippen LogP contribution is -1.88. The van der Waals surface area contributed by atoms with Crippen LogP contribution >= 0.6 is 0 Å². The molecule has 0 spiro atoms. The van der Waals surface area contributed by atoms with Crippen molar-refractivity contribution < 1.29 is 4.79 Å². The molecule has 0 aliphatic carbocycles. The lowest BCUT2D eigenvalue weighted by Gasteiger charge is -1.97. The Morgan fingerprint density at radius 1 is 1.43 bits per heavy atom. The number of nitrogens with zero attached hydrogens (tertiary/aromatic N) is 2. The van der Waals surface area contributed by atoms with Crippen LogP contribution in [0.15, 0.2) is 30.5 Å². The second-order valence-electron chi connectivity index (χ2n) is 3.06. The summed E-state index contributed by atoms with van der Waals surface area (Å²) >= 11 is 0. The molecule has 2 aromatic heterocycles. The molecule has 0 saturated carbocycles. The van der Waals surface area contributed by atoms with Crippen LogP contribution in [-0.2, 0) is 4.79 Å². The van der Waals surface area contributed by atoms with E-state index >= 15 is 0 Å². The van der Waals surface area contributed by atoms with Gasteiger partial charge in [0.15, 0.2) is 0 Å².